The van der Waals surface area contributed by atoms with E-state index in [-0.39, 0.29) is 23.5 Å². The van der Waals surface area contributed by atoms with Crippen LogP contribution in [0, 0.1) is 11.7 Å². The average Bonchev–Trinajstić information content (AvgIpc) is 3.22. The number of carbonyl (C=O) groups is 1. The fourth-order valence-corrected chi connectivity index (χ4v) is 3.73. The molecule has 1 fully saturated rings. The Morgan fingerprint density at radius 1 is 1.30 bits per heavy atom. The molecule has 156 valence electrons. The molecule has 0 aliphatic carbocycles. The molecule has 0 radical (unpaired) electrons. The van der Waals surface area contributed by atoms with Crippen LogP contribution in [-0.4, -0.2) is 45.6 Å². The van der Waals surface area contributed by atoms with Crippen molar-refractivity contribution in [3.8, 4) is 17.3 Å². The van der Waals surface area contributed by atoms with Crippen molar-refractivity contribution >= 4 is 5.91 Å². The Morgan fingerprint density at radius 3 is 3.00 bits per heavy atom. The van der Waals surface area contributed by atoms with E-state index in [1.54, 1.807) is 36.5 Å². The molecule has 1 aromatic carbocycles. The normalized spacial score (nSPS) is 16.5. The summed E-state index contributed by atoms with van der Waals surface area (Å²) in [6.07, 6.45) is 3.99. The molecule has 1 amide bonds. The molecule has 1 aliphatic rings. The highest BCUT2D eigenvalue weighted by molar-refractivity contribution is 5.96. The molecule has 1 saturated heterocycles. The van der Waals surface area contributed by atoms with Gasteiger partial charge in [0.05, 0.1) is 12.2 Å². The van der Waals surface area contributed by atoms with Crippen molar-refractivity contribution in [2.24, 2.45) is 5.92 Å². The molecule has 1 atom stereocenters. The third-order valence-corrected chi connectivity index (χ3v) is 5.13. The Hall–Kier alpha value is -3.29. The molecular weight excluding hydrogens is 387 g/mol. The highest BCUT2D eigenvalue weighted by atomic mass is 19.1. The standard InChI is InChI=1S/C22H23FN4O3/c1-2-29-21-17(9-5-11-24-21)22(28)27-12-6-7-15(14-27)13-19-25-20(26-30-19)16-8-3-4-10-18(16)23/h3-5,8-11,15H,2,6-7,12-14H2,1H3. The number of benzene rings is 1. The van der Waals surface area contributed by atoms with Gasteiger partial charge in [0.1, 0.15) is 11.4 Å². The maximum absolute atomic E-state index is 14.0. The molecule has 0 bridgehead atoms. The van der Waals surface area contributed by atoms with E-state index in [0.717, 1.165) is 12.8 Å². The second-order valence-electron chi connectivity index (χ2n) is 7.24. The summed E-state index contributed by atoms with van der Waals surface area (Å²) in [6.45, 7) is 3.57. The van der Waals surface area contributed by atoms with E-state index in [9.17, 15) is 9.18 Å². The minimum absolute atomic E-state index is 0.0891. The lowest BCUT2D eigenvalue weighted by Crippen LogP contribution is -2.40. The zero-order valence-corrected chi connectivity index (χ0v) is 16.8. The molecule has 7 nitrogen and oxygen atoms in total. The molecule has 8 heteroatoms. The Morgan fingerprint density at radius 2 is 2.17 bits per heavy atom. The predicted molar refractivity (Wildman–Crippen MR) is 107 cm³/mol. The Bertz CT molecular complexity index is 1020. The van der Waals surface area contributed by atoms with E-state index in [1.165, 1.54) is 6.07 Å². The summed E-state index contributed by atoms with van der Waals surface area (Å²) in [7, 11) is 0. The molecule has 30 heavy (non-hydrogen) atoms. The van der Waals surface area contributed by atoms with Gasteiger partial charge in [-0.25, -0.2) is 9.37 Å². The highest BCUT2D eigenvalue weighted by Crippen LogP contribution is 2.25. The quantitative estimate of drug-likeness (QED) is 0.615. The van der Waals surface area contributed by atoms with Gasteiger partial charge >= 0.3 is 0 Å². The van der Waals surface area contributed by atoms with Gasteiger partial charge in [-0.1, -0.05) is 17.3 Å². The van der Waals surface area contributed by atoms with Crippen molar-refractivity contribution in [2.75, 3.05) is 19.7 Å². The maximum atomic E-state index is 14.0. The Labute approximate surface area is 173 Å². The van der Waals surface area contributed by atoms with Crippen LogP contribution in [0.1, 0.15) is 36.0 Å². The summed E-state index contributed by atoms with van der Waals surface area (Å²) < 4.78 is 24.8. The van der Waals surface area contributed by atoms with E-state index >= 15 is 0 Å². The van der Waals surface area contributed by atoms with E-state index in [0.29, 0.717) is 49.0 Å². The zero-order valence-electron chi connectivity index (χ0n) is 16.8. The number of aromatic nitrogens is 3. The Balaban J connectivity index is 1.44. The monoisotopic (exact) mass is 410 g/mol. The summed E-state index contributed by atoms with van der Waals surface area (Å²) in [5.74, 6) is 0.754. The van der Waals surface area contributed by atoms with Crippen LogP contribution in [0.15, 0.2) is 47.1 Å². The number of piperidine rings is 1. The smallest absolute Gasteiger partial charge is 0.259 e. The van der Waals surface area contributed by atoms with Crippen LogP contribution in [0.2, 0.25) is 0 Å². The van der Waals surface area contributed by atoms with Gasteiger partial charge in [-0.15, -0.1) is 0 Å². The zero-order chi connectivity index (χ0) is 20.9. The van der Waals surface area contributed by atoms with Gasteiger partial charge in [-0.3, -0.25) is 4.79 Å². The van der Waals surface area contributed by atoms with Crippen LogP contribution in [-0.2, 0) is 6.42 Å². The van der Waals surface area contributed by atoms with Gasteiger partial charge in [-0.2, -0.15) is 4.98 Å². The molecule has 4 rings (SSSR count). The van der Waals surface area contributed by atoms with Crippen molar-refractivity contribution in [1.82, 2.24) is 20.0 Å². The predicted octanol–water partition coefficient (Wildman–Crippen LogP) is 3.76. The molecule has 0 N–H and O–H groups in total. The first kappa shape index (κ1) is 20.0. The molecule has 1 unspecified atom stereocenters. The SMILES string of the molecule is CCOc1ncccc1C(=O)N1CCCC(Cc2nc(-c3ccccc3F)no2)C1. The lowest BCUT2D eigenvalue weighted by molar-refractivity contribution is 0.0663. The molecule has 0 spiro atoms. The van der Waals surface area contributed by atoms with Gasteiger partial charge in [-0.05, 0) is 49.9 Å². The second kappa shape index (κ2) is 9.02. The van der Waals surface area contributed by atoms with Crippen molar-refractivity contribution in [3.05, 3.63) is 59.9 Å². The lowest BCUT2D eigenvalue weighted by Gasteiger charge is -2.32. The van der Waals surface area contributed by atoms with Crippen molar-refractivity contribution in [3.63, 3.8) is 0 Å². The largest absolute Gasteiger partial charge is 0.477 e. The number of carbonyl (C=O) groups excluding carboxylic acids is 1. The number of pyridine rings is 1. The van der Waals surface area contributed by atoms with Crippen LogP contribution >= 0.6 is 0 Å². The first-order valence-electron chi connectivity index (χ1n) is 10.1. The first-order valence-corrected chi connectivity index (χ1v) is 10.1. The van der Waals surface area contributed by atoms with Gasteiger partial charge in [0.15, 0.2) is 0 Å². The Kier molecular flexibility index (Phi) is 6.02. The van der Waals surface area contributed by atoms with Crippen molar-refractivity contribution in [2.45, 2.75) is 26.2 Å². The summed E-state index contributed by atoms with van der Waals surface area (Å²) in [4.78, 5) is 23.4. The van der Waals surface area contributed by atoms with Crippen LogP contribution < -0.4 is 4.74 Å². The van der Waals surface area contributed by atoms with E-state index < -0.39 is 0 Å². The summed E-state index contributed by atoms with van der Waals surface area (Å²) in [6, 6.07) is 9.81. The third kappa shape index (κ3) is 4.32. The van der Waals surface area contributed by atoms with E-state index in [1.807, 2.05) is 11.8 Å². The van der Waals surface area contributed by atoms with Gasteiger partial charge in [0.25, 0.3) is 5.91 Å². The van der Waals surface area contributed by atoms with Crippen LogP contribution in [0.5, 0.6) is 5.88 Å². The van der Waals surface area contributed by atoms with Crippen LogP contribution in [0.25, 0.3) is 11.4 Å². The fourth-order valence-electron chi connectivity index (χ4n) is 3.73. The second-order valence-corrected chi connectivity index (χ2v) is 7.24. The summed E-state index contributed by atoms with van der Waals surface area (Å²) in [5.41, 5.74) is 0.785. The number of likely N-dealkylation sites (tertiary alicyclic amines) is 1. The van der Waals surface area contributed by atoms with Gasteiger partial charge in [0.2, 0.25) is 17.6 Å². The number of ether oxygens (including phenoxy) is 1. The molecule has 0 saturated carbocycles. The third-order valence-electron chi connectivity index (χ3n) is 5.13. The fraction of sp³-hybridized carbons (Fsp3) is 0.364. The topological polar surface area (TPSA) is 81.4 Å². The first-order chi connectivity index (χ1) is 14.7. The minimum atomic E-state index is -0.388. The molecule has 1 aliphatic heterocycles. The number of rotatable bonds is 6. The number of hydrogen-bond donors (Lipinski definition) is 0. The van der Waals surface area contributed by atoms with Crippen LogP contribution in [0.3, 0.4) is 0 Å². The van der Waals surface area contributed by atoms with Crippen LogP contribution in [0.4, 0.5) is 4.39 Å². The van der Waals surface area contributed by atoms with Gasteiger partial charge < -0.3 is 14.2 Å². The average molecular weight is 410 g/mol. The summed E-state index contributed by atoms with van der Waals surface area (Å²) in [5, 5.41) is 3.92. The number of hydrogen-bond acceptors (Lipinski definition) is 6. The number of amides is 1. The minimum Gasteiger partial charge on any atom is -0.477 e. The highest BCUT2D eigenvalue weighted by Gasteiger charge is 2.28. The van der Waals surface area contributed by atoms with E-state index in [2.05, 4.69) is 15.1 Å². The molecule has 3 heterocycles. The van der Waals surface area contributed by atoms with Crippen molar-refractivity contribution in [1.29, 1.82) is 0 Å². The van der Waals surface area contributed by atoms with E-state index in [4.69, 9.17) is 9.26 Å². The number of nitrogens with zero attached hydrogens (tertiary/aromatic N) is 4. The molecular formula is C22H23FN4O3. The molecule has 2 aromatic heterocycles. The van der Waals surface area contributed by atoms with Crippen molar-refractivity contribution < 1.29 is 18.4 Å². The lowest BCUT2D eigenvalue weighted by atomic mass is 9.94. The summed E-state index contributed by atoms with van der Waals surface area (Å²) >= 11 is 0. The van der Waals surface area contributed by atoms with Gasteiger partial charge in [0, 0.05) is 25.7 Å². The number of halogens is 1. The maximum Gasteiger partial charge on any atom is 0.259 e. The molecule has 3 aromatic rings.